The summed E-state index contributed by atoms with van der Waals surface area (Å²) in [6, 6.07) is 7.58. The molecule has 102 valence electrons. The molecule has 0 aliphatic rings. The zero-order chi connectivity index (χ0) is 14.0. The fraction of sp³-hybridized carbons (Fsp3) is 0.333. The Balaban J connectivity index is 2.24. The van der Waals surface area contributed by atoms with Crippen molar-refractivity contribution >= 4 is 10.1 Å². The third-order valence-corrected chi connectivity index (χ3v) is 3.03. The highest BCUT2D eigenvalue weighted by Gasteiger charge is 2.19. The Morgan fingerprint density at radius 2 is 2.11 bits per heavy atom. The van der Waals surface area contributed by atoms with E-state index in [0.717, 1.165) is 17.4 Å². The van der Waals surface area contributed by atoms with Crippen LogP contribution in [0.5, 0.6) is 0 Å². The lowest BCUT2D eigenvalue weighted by atomic mass is 10.1. The van der Waals surface area contributed by atoms with Gasteiger partial charge in [0.1, 0.15) is 6.10 Å². The standard InChI is InChI=1S/C12H14N2O4S/c1-8-5-4-6-10(7-8)12-13-11(14-17-12)9(2)18-19(3,15)16/h4-7,9H,1-3H3/t9-/m0/s1. The Morgan fingerprint density at radius 1 is 1.37 bits per heavy atom. The molecule has 0 radical (unpaired) electrons. The molecule has 1 heterocycles. The first kappa shape index (κ1) is 13.7. The van der Waals surface area contributed by atoms with E-state index in [-0.39, 0.29) is 5.82 Å². The lowest BCUT2D eigenvalue weighted by molar-refractivity contribution is 0.220. The molecule has 0 saturated carbocycles. The smallest absolute Gasteiger partial charge is 0.265 e. The lowest BCUT2D eigenvalue weighted by Gasteiger charge is -2.04. The van der Waals surface area contributed by atoms with Crippen LogP contribution in [0.4, 0.5) is 0 Å². The van der Waals surface area contributed by atoms with Crippen LogP contribution in [0.2, 0.25) is 0 Å². The summed E-state index contributed by atoms with van der Waals surface area (Å²) < 4.78 is 31.9. The fourth-order valence-corrected chi connectivity index (χ4v) is 2.21. The summed E-state index contributed by atoms with van der Waals surface area (Å²) in [4.78, 5) is 4.14. The van der Waals surface area contributed by atoms with Crippen LogP contribution in [-0.4, -0.2) is 24.8 Å². The van der Waals surface area contributed by atoms with Gasteiger partial charge in [-0.3, -0.25) is 4.18 Å². The van der Waals surface area contributed by atoms with Crippen molar-refractivity contribution < 1.29 is 17.1 Å². The van der Waals surface area contributed by atoms with E-state index in [1.807, 2.05) is 31.2 Å². The number of aryl methyl sites for hydroxylation is 1. The largest absolute Gasteiger partial charge is 0.334 e. The van der Waals surface area contributed by atoms with Crippen molar-refractivity contribution in [3.63, 3.8) is 0 Å². The number of hydrogen-bond acceptors (Lipinski definition) is 6. The molecule has 0 bridgehead atoms. The molecule has 19 heavy (non-hydrogen) atoms. The maximum Gasteiger partial charge on any atom is 0.265 e. The van der Waals surface area contributed by atoms with Gasteiger partial charge < -0.3 is 4.52 Å². The summed E-state index contributed by atoms with van der Waals surface area (Å²) in [7, 11) is -3.56. The highest BCUT2D eigenvalue weighted by Crippen LogP contribution is 2.22. The molecule has 0 amide bonds. The number of nitrogens with zero attached hydrogens (tertiary/aromatic N) is 2. The first-order chi connectivity index (χ1) is 8.85. The van der Waals surface area contributed by atoms with E-state index in [1.54, 1.807) is 6.92 Å². The SMILES string of the molecule is Cc1cccc(-c2nc([C@H](C)OS(C)(=O)=O)no2)c1. The molecule has 2 aromatic rings. The summed E-state index contributed by atoms with van der Waals surface area (Å²) in [5, 5.41) is 3.73. The minimum Gasteiger partial charge on any atom is -0.334 e. The van der Waals surface area contributed by atoms with Crippen LogP contribution in [0, 0.1) is 6.92 Å². The Labute approximate surface area is 111 Å². The molecule has 0 spiro atoms. The summed E-state index contributed by atoms with van der Waals surface area (Å²) in [5.41, 5.74) is 1.85. The van der Waals surface area contributed by atoms with E-state index in [9.17, 15) is 8.42 Å². The Kier molecular flexibility index (Phi) is 3.68. The lowest BCUT2D eigenvalue weighted by Crippen LogP contribution is -2.08. The third-order valence-electron chi connectivity index (χ3n) is 2.39. The van der Waals surface area contributed by atoms with Gasteiger partial charge in [0, 0.05) is 5.56 Å². The minimum absolute atomic E-state index is 0.196. The molecule has 0 unspecified atom stereocenters. The molecule has 0 N–H and O–H groups in total. The Hall–Kier alpha value is -1.73. The summed E-state index contributed by atoms with van der Waals surface area (Å²) in [6.45, 7) is 3.50. The number of benzene rings is 1. The monoisotopic (exact) mass is 282 g/mol. The van der Waals surface area contributed by atoms with Crippen molar-refractivity contribution in [2.75, 3.05) is 6.26 Å². The van der Waals surface area contributed by atoms with Crippen molar-refractivity contribution in [1.82, 2.24) is 10.1 Å². The zero-order valence-corrected chi connectivity index (χ0v) is 11.6. The molecule has 0 saturated heterocycles. The van der Waals surface area contributed by atoms with Crippen LogP contribution in [0.3, 0.4) is 0 Å². The second-order valence-electron chi connectivity index (χ2n) is 4.27. The van der Waals surface area contributed by atoms with Crippen LogP contribution in [-0.2, 0) is 14.3 Å². The first-order valence-electron chi connectivity index (χ1n) is 5.64. The van der Waals surface area contributed by atoms with Crippen molar-refractivity contribution in [3.05, 3.63) is 35.7 Å². The topological polar surface area (TPSA) is 82.3 Å². The molecule has 1 aromatic heterocycles. The Bertz CT molecular complexity index is 679. The van der Waals surface area contributed by atoms with Gasteiger partial charge in [-0.2, -0.15) is 13.4 Å². The van der Waals surface area contributed by atoms with E-state index in [0.29, 0.717) is 5.89 Å². The van der Waals surface area contributed by atoms with E-state index >= 15 is 0 Å². The van der Waals surface area contributed by atoms with Gasteiger partial charge in [0.15, 0.2) is 0 Å². The molecular weight excluding hydrogens is 268 g/mol. The molecule has 2 rings (SSSR count). The maximum atomic E-state index is 11.0. The number of hydrogen-bond donors (Lipinski definition) is 0. The molecule has 1 aromatic carbocycles. The second kappa shape index (κ2) is 5.10. The van der Waals surface area contributed by atoms with Crippen molar-refractivity contribution in [2.24, 2.45) is 0 Å². The molecule has 1 atom stereocenters. The van der Waals surface area contributed by atoms with Gasteiger partial charge in [-0.1, -0.05) is 22.9 Å². The van der Waals surface area contributed by atoms with Gasteiger partial charge in [-0.05, 0) is 26.0 Å². The first-order valence-corrected chi connectivity index (χ1v) is 7.46. The van der Waals surface area contributed by atoms with E-state index in [1.165, 1.54) is 0 Å². The normalized spacial score (nSPS) is 13.4. The van der Waals surface area contributed by atoms with Crippen LogP contribution >= 0.6 is 0 Å². The van der Waals surface area contributed by atoms with Crippen LogP contribution in [0.1, 0.15) is 24.4 Å². The molecule has 0 fully saturated rings. The predicted octanol–water partition coefficient (Wildman–Crippen LogP) is 2.08. The van der Waals surface area contributed by atoms with Gasteiger partial charge in [0.2, 0.25) is 5.82 Å². The summed E-state index contributed by atoms with van der Waals surface area (Å²) in [5.74, 6) is 0.532. The van der Waals surface area contributed by atoms with Gasteiger partial charge >= 0.3 is 0 Å². The van der Waals surface area contributed by atoms with Gasteiger partial charge in [0.25, 0.3) is 16.0 Å². The number of rotatable bonds is 4. The second-order valence-corrected chi connectivity index (χ2v) is 5.87. The fourth-order valence-electron chi connectivity index (χ4n) is 1.60. The van der Waals surface area contributed by atoms with E-state index in [4.69, 9.17) is 8.71 Å². The Morgan fingerprint density at radius 3 is 2.74 bits per heavy atom. The zero-order valence-electron chi connectivity index (χ0n) is 10.8. The van der Waals surface area contributed by atoms with E-state index in [2.05, 4.69) is 10.1 Å². The maximum absolute atomic E-state index is 11.0. The molecule has 0 aliphatic carbocycles. The molecular formula is C12H14N2O4S. The number of aromatic nitrogens is 2. The highest BCUT2D eigenvalue weighted by molar-refractivity contribution is 7.86. The average Bonchev–Trinajstić information content (AvgIpc) is 2.75. The van der Waals surface area contributed by atoms with Crippen molar-refractivity contribution in [3.8, 4) is 11.5 Å². The van der Waals surface area contributed by atoms with Crippen LogP contribution < -0.4 is 0 Å². The predicted molar refractivity (Wildman–Crippen MR) is 68.8 cm³/mol. The quantitative estimate of drug-likeness (QED) is 0.798. The van der Waals surface area contributed by atoms with Crippen LogP contribution in [0.25, 0.3) is 11.5 Å². The molecule has 7 heteroatoms. The van der Waals surface area contributed by atoms with Gasteiger partial charge in [-0.25, -0.2) is 0 Å². The van der Waals surface area contributed by atoms with Crippen molar-refractivity contribution in [1.29, 1.82) is 0 Å². The highest BCUT2D eigenvalue weighted by atomic mass is 32.2. The third kappa shape index (κ3) is 3.62. The van der Waals surface area contributed by atoms with E-state index < -0.39 is 16.2 Å². The van der Waals surface area contributed by atoms with Gasteiger partial charge in [0.05, 0.1) is 6.26 Å². The molecule has 0 aliphatic heterocycles. The van der Waals surface area contributed by atoms with Crippen LogP contribution in [0.15, 0.2) is 28.8 Å². The minimum atomic E-state index is -3.56. The molecule has 6 nitrogen and oxygen atoms in total. The van der Waals surface area contributed by atoms with Gasteiger partial charge in [-0.15, -0.1) is 0 Å². The summed E-state index contributed by atoms with van der Waals surface area (Å²) in [6.07, 6.45) is 0.197. The summed E-state index contributed by atoms with van der Waals surface area (Å²) >= 11 is 0. The van der Waals surface area contributed by atoms with Crippen molar-refractivity contribution in [2.45, 2.75) is 20.0 Å². The average molecular weight is 282 g/mol.